The lowest BCUT2D eigenvalue weighted by Gasteiger charge is -2.39. The molecule has 21 heavy (non-hydrogen) atoms. The number of anilines is 1. The number of piperazine rings is 1. The zero-order chi connectivity index (χ0) is 15.7. The van der Waals surface area contributed by atoms with Crippen LogP contribution in [0, 0.1) is 11.7 Å². The van der Waals surface area contributed by atoms with E-state index in [1.165, 1.54) is 23.1 Å². The van der Waals surface area contributed by atoms with Crippen LogP contribution in [0.2, 0.25) is 5.02 Å². The predicted octanol–water partition coefficient (Wildman–Crippen LogP) is 2.75. The van der Waals surface area contributed by atoms with Crippen molar-refractivity contribution in [3.05, 3.63) is 29.0 Å². The summed E-state index contributed by atoms with van der Waals surface area (Å²) >= 11 is 6.08. The summed E-state index contributed by atoms with van der Waals surface area (Å²) < 4.78 is 13.5. The minimum Gasteiger partial charge on any atom is -0.342 e. The molecule has 1 aliphatic rings. The van der Waals surface area contributed by atoms with E-state index in [0.29, 0.717) is 0 Å². The van der Waals surface area contributed by atoms with Crippen LogP contribution < -0.4 is 10.2 Å². The van der Waals surface area contributed by atoms with Crippen molar-refractivity contribution in [2.24, 2.45) is 5.92 Å². The summed E-state index contributed by atoms with van der Waals surface area (Å²) in [6.07, 6.45) is 0.746. The summed E-state index contributed by atoms with van der Waals surface area (Å²) in [5.41, 5.74) is 0.234. The number of nitrogens with one attached hydrogen (secondary N) is 1. The van der Waals surface area contributed by atoms with Gasteiger partial charge < -0.3 is 5.32 Å². The van der Waals surface area contributed by atoms with Gasteiger partial charge in [0.05, 0.1) is 10.7 Å². The van der Waals surface area contributed by atoms with Crippen LogP contribution in [-0.4, -0.2) is 23.9 Å². The van der Waals surface area contributed by atoms with E-state index in [2.05, 4.69) is 5.32 Å². The Morgan fingerprint density at radius 3 is 2.71 bits per heavy atom. The predicted molar refractivity (Wildman–Crippen MR) is 79.7 cm³/mol. The van der Waals surface area contributed by atoms with Crippen molar-refractivity contribution in [1.82, 2.24) is 5.32 Å². The first-order valence-electron chi connectivity index (χ1n) is 6.95. The number of carbonyl (C=O) groups is 2. The number of halogens is 2. The average Bonchev–Trinajstić information content (AvgIpc) is 2.46. The molecule has 1 aromatic rings. The lowest BCUT2D eigenvalue weighted by atomic mass is 9.94. The van der Waals surface area contributed by atoms with E-state index < -0.39 is 17.9 Å². The lowest BCUT2D eigenvalue weighted by molar-refractivity contribution is -0.134. The van der Waals surface area contributed by atoms with Crippen molar-refractivity contribution in [3.8, 4) is 0 Å². The first-order chi connectivity index (χ1) is 9.86. The number of amides is 2. The third kappa shape index (κ3) is 2.88. The van der Waals surface area contributed by atoms with Crippen molar-refractivity contribution in [2.75, 3.05) is 4.90 Å². The van der Waals surface area contributed by atoms with E-state index >= 15 is 0 Å². The first kappa shape index (κ1) is 15.8. The molecule has 114 valence electrons. The minimum absolute atomic E-state index is 0.0104. The van der Waals surface area contributed by atoms with Gasteiger partial charge in [-0.1, -0.05) is 31.9 Å². The van der Waals surface area contributed by atoms with Crippen LogP contribution in [0.4, 0.5) is 10.1 Å². The van der Waals surface area contributed by atoms with E-state index in [-0.39, 0.29) is 28.4 Å². The van der Waals surface area contributed by atoms with Gasteiger partial charge in [-0.2, -0.15) is 0 Å². The molecule has 1 aromatic carbocycles. The third-order valence-electron chi connectivity index (χ3n) is 3.95. The van der Waals surface area contributed by atoms with Gasteiger partial charge in [0.25, 0.3) is 5.91 Å². The molecule has 0 bridgehead atoms. The number of benzene rings is 1. The molecular weight excluding hydrogens is 295 g/mol. The van der Waals surface area contributed by atoms with E-state index in [9.17, 15) is 14.0 Å². The molecule has 1 aliphatic heterocycles. The fraction of sp³-hybridized carbons (Fsp3) is 0.467. The molecule has 1 fully saturated rings. The topological polar surface area (TPSA) is 49.4 Å². The maximum Gasteiger partial charge on any atom is 0.250 e. The zero-order valence-corrected chi connectivity index (χ0v) is 12.9. The Morgan fingerprint density at radius 1 is 1.43 bits per heavy atom. The molecule has 0 spiro atoms. The fourth-order valence-electron chi connectivity index (χ4n) is 2.41. The van der Waals surface area contributed by atoms with E-state index in [1.54, 1.807) is 6.92 Å². The van der Waals surface area contributed by atoms with Gasteiger partial charge in [-0.3, -0.25) is 14.5 Å². The Labute approximate surface area is 128 Å². The summed E-state index contributed by atoms with van der Waals surface area (Å²) in [6, 6.07) is 2.45. The van der Waals surface area contributed by atoms with Crippen LogP contribution in [-0.2, 0) is 9.59 Å². The normalized spacial score (nSPS) is 24.0. The van der Waals surface area contributed by atoms with Crippen LogP contribution in [0.5, 0.6) is 0 Å². The van der Waals surface area contributed by atoms with Gasteiger partial charge in [-0.15, -0.1) is 0 Å². The minimum atomic E-state index is -0.725. The Bertz CT molecular complexity index is 579. The Balaban J connectivity index is 2.46. The molecule has 6 heteroatoms. The second-order valence-corrected chi connectivity index (χ2v) is 5.76. The molecule has 0 aromatic heterocycles. The van der Waals surface area contributed by atoms with Crippen LogP contribution in [0.25, 0.3) is 0 Å². The Morgan fingerprint density at radius 2 is 2.10 bits per heavy atom. The quantitative estimate of drug-likeness (QED) is 0.933. The highest BCUT2D eigenvalue weighted by atomic mass is 35.5. The van der Waals surface area contributed by atoms with Gasteiger partial charge in [-0.25, -0.2) is 4.39 Å². The Kier molecular flexibility index (Phi) is 4.52. The number of carbonyl (C=O) groups excluding carboxylic acids is 2. The molecule has 3 unspecified atom stereocenters. The highest BCUT2D eigenvalue weighted by molar-refractivity contribution is 6.34. The van der Waals surface area contributed by atoms with Gasteiger partial charge in [-0.05, 0) is 31.0 Å². The van der Waals surface area contributed by atoms with Crippen molar-refractivity contribution in [3.63, 3.8) is 0 Å². The molecule has 1 saturated heterocycles. The van der Waals surface area contributed by atoms with Crippen LogP contribution in [0.1, 0.15) is 27.2 Å². The maximum absolute atomic E-state index is 13.5. The molecule has 4 nitrogen and oxygen atoms in total. The first-order valence-corrected chi connectivity index (χ1v) is 7.33. The molecule has 2 amide bonds. The number of nitrogens with zero attached hydrogens (tertiary/aromatic N) is 1. The van der Waals surface area contributed by atoms with Crippen LogP contribution in [0.15, 0.2) is 18.2 Å². The van der Waals surface area contributed by atoms with E-state index in [1.807, 2.05) is 13.8 Å². The van der Waals surface area contributed by atoms with Crippen LogP contribution >= 0.6 is 11.6 Å². The Hall–Kier alpha value is -1.62. The van der Waals surface area contributed by atoms with Crippen molar-refractivity contribution < 1.29 is 14.0 Å². The standard InChI is InChI=1S/C15H18ClFN2O2/c1-4-8(2)13-15(21)19(9(3)14(20)18-13)12-7-10(17)5-6-11(12)16/h5-9,13H,4H2,1-3H3,(H,18,20). The van der Waals surface area contributed by atoms with Crippen molar-refractivity contribution in [2.45, 2.75) is 39.3 Å². The molecular formula is C15H18ClFN2O2. The average molecular weight is 313 g/mol. The highest BCUT2D eigenvalue weighted by Gasteiger charge is 2.41. The number of hydrogen-bond acceptors (Lipinski definition) is 2. The fourth-order valence-corrected chi connectivity index (χ4v) is 2.62. The molecule has 1 heterocycles. The molecule has 1 N–H and O–H groups in total. The summed E-state index contributed by atoms with van der Waals surface area (Å²) in [7, 11) is 0. The lowest BCUT2D eigenvalue weighted by Crippen LogP contribution is -2.64. The van der Waals surface area contributed by atoms with Crippen LogP contribution in [0.3, 0.4) is 0 Å². The summed E-state index contributed by atoms with van der Waals surface area (Å²) in [6.45, 7) is 5.44. The second kappa shape index (κ2) is 6.02. The SMILES string of the molecule is CCC(C)C1NC(=O)C(C)N(c2cc(F)ccc2Cl)C1=O. The van der Waals surface area contributed by atoms with Gasteiger partial charge in [0.15, 0.2) is 0 Å². The summed E-state index contributed by atoms with van der Waals surface area (Å²) in [5, 5.41) is 2.98. The van der Waals surface area contributed by atoms with Gasteiger partial charge in [0.2, 0.25) is 5.91 Å². The van der Waals surface area contributed by atoms with Crippen molar-refractivity contribution >= 4 is 29.1 Å². The third-order valence-corrected chi connectivity index (χ3v) is 4.27. The number of hydrogen-bond donors (Lipinski definition) is 1. The van der Waals surface area contributed by atoms with E-state index in [4.69, 9.17) is 11.6 Å². The van der Waals surface area contributed by atoms with Crippen molar-refractivity contribution in [1.29, 1.82) is 0 Å². The highest BCUT2D eigenvalue weighted by Crippen LogP contribution is 2.31. The zero-order valence-electron chi connectivity index (χ0n) is 12.2. The van der Waals surface area contributed by atoms with E-state index in [0.717, 1.165) is 6.42 Å². The molecule has 0 aliphatic carbocycles. The summed E-state index contributed by atoms with van der Waals surface area (Å²) in [4.78, 5) is 26.1. The maximum atomic E-state index is 13.5. The monoisotopic (exact) mass is 312 g/mol. The van der Waals surface area contributed by atoms with Gasteiger partial charge >= 0.3 is 0 Å². The van der Waals surface area contributed by atoms with Gasteiger partial charge in [0, 0.05) is 0 Å². The molecule has 2 rings (SSSR count). The number of rotatable bonds is 3. The van der Waals surface area contributed by atoms with Gasteiger partial charge in [0.1, 0.15) is 17.9 Å². The smallest absolute Gasteiger partial charge is 0.250 e. The second-order valence-electron chi connectivity index (χ2n) is 5.35. The molecule has 3 atom stereocenters. The molecule has 0 saturated carbocycles. The molecule has 0 radical (unpaired) electrons. The largest absolute Gasteiger partial charge is 0.342 e. The summed E-state index contributed by atoms with van der Waals surface area (Å²) in [5.74, 6) is -1.03.